The summed E-state index contributed by atoms with van der Waals surface area (Å²) in [4.78, 5) is 5.65. The molecule has 5 heteroatoms. The standard InChI is InChI=1S/C21H26FN3S.C9H14.C3H6.C2H6/c1-3-7-17(10-5-4-8-16-9-6-11-18(22)13-16)19-12-15(2)25-21(24-19)20(26)14-23-25;1-4-7-8-9(5-2)6-3;1-3-2;1-2/h6,9,11-14,17,26H,3-5,7-8,10H2,1-2H3;4-5,7-8H,1,6H2,2-3H3;3H,1H2,2H3;1-2H3/b;8-7-,9-5-;;. The van der Waals surface area contributed by atoms with Crippen LogP contribution >= 0.6 is 12.6 Å². The molecule has 0 aliphatic heterocycles. The highest BCUT2D eigenvalue weighted by Crippen LogP contribution is 2.28. The Hall–Kier alpha value is -2.92. The zero-order valence-corrected chi connectivity index (χ0v) is 26.9. The van der Waals surface area contributed by atoms with E-state index in [4.69, 9.17) is 4.98 Å². The third-order valence-electron chi connectivity index (χ3n) is 6.09. The van der Waals surface area contributed by atoms with E-state index in [1.165, 1.54) is 11.6 Å². The van der Waals surface area contributed by atoms with Crippen LogP contribution in [0.25, 0.3) is 5.65 Å². The van der Waals surface area contributed by atoms with Crippen LogP contribution in [0.5, 0.6) is 0 Å². The summed E-state index contributed by atoms with van der Waals surface area (Å²) in [6.45, 7) is 21.3. The van der Waals surface area contributed by atoms with Gasteiger partial charge in [0.05, 0.1) is 11.1 Å². The Morgan fingerprint density at radius 1 is 1.10 bits per heavy atom. The van der Waals surface area contributed by atoms with Crippen LogP contribution in [0.1, 0.15) is 103 Å². The topological polar surface area (TPSA) is 30.2 Å². The number of hydrogen-bond donors (Lipinski definition) is 1. The van der Waals surface area contributed by atoms with Gasteiger partial charge in [0, 0.05) is 17.3 Å². The predicted molar refractivity (Wildman–Crippen MR) is 177 cm³/mol. The molecule has 3 rings (SSSR count). The Labute approximate surface area is 249 Å². The lowest BCUT2D eigenvalue weighted by molar-refractivity contribution is 0.520. The summed E-state index contributed by atoms with van der Waals surface area (Å²) in [5.74, 6) is 0.293. The largest absolute Gasteiger partial charge is 0.232 e. The molecule has 1 aromatic carbocycles. The maximum absolute atomic E-state index is 13.3. The monoisotopic (exact) mass is 565 g/mol. The normalized spacial score (nSPS) is 11.5. The lowest BCUT2D eigenvalue weighted by atomic mass is 9.92. The molecule has 0 aliphatic rings. The summed E-state index contributed by atoms with van der Waals surface area (Å²) in [6, 6.07) is 9.07. The number of aromatic nitrogens is 3. The summed E-state index contributed by atoms with van der Waals surface area (Å²) in [6.07, 6.45) is 19.0. The van der Waals surface area contributed by atoms with Crippen molar-refractivity contribution in [1.82, 2.24) is 14.6 Å². The van der Waals surface area contributed by atoms with E-state index in [0.717, 1.165) is 72.4 Å². The zero-order chi connectivity index (χ0) is 30.3. The molecule has 0 radical (unpaired) electrons. The molecule has 0 saturated heterocycles. The van der Waals surface area contributed by atoms with Crippen LogP contribution in [0, 0.1) is 12.7 Å². The molecule has 0 bridgehead atoms. The number of aryl methyl sites for hydroxylation is 2. The van der Waals surface area contributed by atoms with Crippen LogP contribution in [0.2, 0.25) is 0 Å². The number of benzene rings is 1. The molecular weight excluding hydrogens is 513 g/mol. The average Bonchev–Trinajstić information content (AvgIpc) is 3.34. The first-order valence-corrected chi connectivity index (χ1v) is 15.1. The van der Waals surface area contributed by atoms with Gasteiger partial charge in [-0.1, -0.05) is 95.2 Å². The van der Waals surface area contributed by atoms with Crippen LogP contribution in [-0.2, 0) is 6.42 Å². The van der Waals surface area contributed by atoms with Gasteiger partial charge in [-0.25, -0.2) is 13.9 Å². The number of unbranched alkanes of at least 4 members (excludes halogenated alkanes) is 1. The van der Waals surface area contributed by atoms with Crippen LogP contribution in [-0.4, -0.2) is 14.6 Å². The minimum Gasteiger partial charge on any atom is -0.232 e. The molecule has 220 valence electrons. The molecule has 40 heavy (non-hydrogen) atoms. The number of rotatable bonds is 11. The van der Waals surface area contributed by atoms with Gasteiger partial charge >= 0.3 is 0 Å². The third kappa shape index (κ3) is 13.9. The minimum atomic E-state index is -0.150. The number of allylic oxidation sites excluding steroid dienone is 6. The Morgan fingerprint density at radius 3 is 2.38 bits per heavy atom. The van der Waals surface area contributed by atoms with Crippen molar-refractivity contribution in [3.05, 3.63) is 108 Å². The van der Waals surface area contributed by atoms with Gasteiger partial charge in [0.25, 0.3) is 0 Å². The van der Waals surface area contributed by atoms with Gasteiger partial charge in [-0.3, -0.25) is 0 Å². The molecule has 2 heterocycles. The minimum absolute atomic E-state index is 0.150. The molecular formula is C35H52FN3S. The van der Waals surface area contributed by atoms with E-state index in [9.17, 15) is 4.39 Å². The van der Waals surface area contributed by atoms with Crippen molar-refractivity contribution in [1.29, 1.82) is 0 Å². The third-order valence-corrected chi connectivity index (χ3v) is 6.40. The zero-order valence-electron chi connectivity index (χ0n) is 26.0. The second-order valence-electron chi connectivity index (χ2n) is 9.17. The fraction of sp³-hybridized carbons (Fsp3) is 0.429. The Morgan fingerprint density at radius 2 is 1.80 bits per heavy atom. The first kappa shape index (κ1) is 37.1. The van der Waals surface area contributed by atoms with E-state index in [1.54, 1.807) is 30.5 Å². The van der Waals surface area contributed by atoms with E-state index in [1.807, 2.05) is 44.4 Å². The summed E-state index contributed by atoms with van der Waals surface area (Å²) in [5.41, 5.74) is 5.50. The number of fused-ring (bicyclic) bond motifs is 1. The lowest BCUT2D eigenvalue weighted by Crippen LogP contribution is -2.06. The molecule has 0 N–H and O–H groups in total. The number of halogens is 1. The quantitative estimate of drug-likeness (QED) is 0.108. The van der Waals surface area contributed by atoms with Gasteiger partial charge in [-0.05, 0) is 76.6 Å². The molecule has 0 fully saturated rings. The molecule has 1 unspecified atom stereocenters. The smallest absolute Gasteiger partial charge is 0.168 e. The van der Waals surface area contributed by atoms with E-state index in [2.05, 4.69) is 69.9 Å². The molecule has 3 nitrogen and oxygen atoms in total. The summed E-state index contributed by atoms with van der Waals surface area (Å²) in [5, 5.41) is 4.33. The second kappa shape index (κ2) is 22.9. The molecule has 3 aromatic rings. The fourth-order valence-electron chi connectivity index (χ4n) is 4.15. The summed E-state index contributed by atoms with van der Waals surface area (Å²) < 4.78 is 15.1. The highest BCUT2D eigenvalue weighted by molar-refractivity contribution is 7.80. The Kier molecular flexibility index (Phi) is 21.2. The summed E-state index contributed by atoms with van der Waals surface area (Å²) in [7, 11) is 0. The van der Waals surface area contributed by atoms with Gasteiger partial charge in [0.2, 0.25) is 0 Å². The molecule has 0 aliphatic carbocycles. The van der Waals surface area contributed by atoms with Crippen molar-refractivity contribution in [2.45, 2.75) is 104 Å². The van der Waals surface area contributed by atoms with Gasteiger partial charge in [-0.15, -0.1) is 19.2 Å². The van der Waals surface area contributed by atoms with E-state index >= 15 is 0 Å². The van der Waals surface area contributed by atoms with Crippen LogP contribution in [0.3, 0.4) is 0 Å². The van der Waals surface area contributed by atoms with Crippen LogP contribution in [0.15, 0.2) is 90.5 Å². The first-order valence-electron chi connectivity index (χ1n) is 14.6. The summed E-state index contributed by atoms with van der Waals surface area (Å²) >= 11 is 4.47. The van der Waals surface area contributed by atoms with Crippen LogP contribution in [0.4, 0.5) is 4.39 Å². The Balaban J connectivity index is 0.000000912. The Bertz CT molecular complexity index is 1180. The van der Waals surface area contributed by atoms with Crippen molar-refractivity contribution in [3.8, 4) is 0 Å². The van der Waals surface area contributed by atoms with Gasteiger partial charge in [-0.2, -0.15) is 5.10 Å². The van der Waals surface area contributed by atoms with Crippen LogP contribution < -0.4 is 0 Å². The van der Waals surface area contributed by atoms with Crippen molar-refractivity contribution in [3.63, 3.8) is 0 Å². The van der Waals surface area contributed by atoms with Gasteiger partial charge < -0.3 is 0 Å². The van der Waals surface area contributed by atoms with Crippen molar-refractivity contribution >= 4 is 18.3 Å². The lowest BCUT2D eigenvalue weighted by Gasteiger charge is -2.17. The van der Waals surface area contributed by atoms with Crippen molar-refractivity contribution < 1.29 is 4.39 Å². The maximum Gasteiger partial charge on any atom is 0.168 e. The highest BCUT2D eigenvalue weighted by Gasteiger charge is 2.15. The maximum atomic E-state index is 13.3. The van der Waals surface area contributed by atoms with Crippen molar-refractivity contribution in [2.24, 2.45) is 0 Å². The average molecular weight is 566 g/mol. The molecule has 2 aromatic heterocycles. The van der Waals surface area contributed by atoms with Gasteiger partial charge in [0.15, 0.2) is 5.65 Å². The number of hydrogen-bond acceptors (Lipinski definition) is 3. The SMILES string of the molecule is C=C/C=C\C(=C/C)CC.C=CC.CC.CCCC(CCCCc1cccc(F)c1)c1cc(C)n2ncc(S)c2n1. The number of thiol groups is 1. The molecule has 0 saturated carbocycles. The second-order valence-corrected chi connectivity index (χ2v) is 9.65. The van der Waals surface area contributed by atoms with Crippen molar-refractivity contribution in [2.75, 3.05) is 0 Å². The van der Waals surface area contributed by atoms with Gasteiger partial charge in [0.1, 0.15) is 5.82 Å². The molecule has 1 atom stereocenters. The fourth-order valence-corrected chi connectivity index (χ4v) is 4.34. The molecule has 0 amide bonds. The number of nitrogens with zero attached hydrogens (tertiary/aromatic N) is 3. The predicted octanol–water partition coefficient (Wildman–Crippen LogP) is 11.1. The van der Waals surface area contributed by atoms with E-state index in [0.29, 0.717) is 5.92 Å². The molecule has 0 spiro atoms. The van der Waals surface area contributed by atoms with E-state index in [-0.39, 0.29) is 5.82 Å². The first-order chi connectivity index (χ1) is 19.3. The van der Waals surface area contributed by atoms with E-state index < -0.39 is 0 Å². The highest BCUT2D eigenvalue weighted by atomic mass is 32.1.